The van der Waals surface area contributed by atoms with Gasteiger partial charge in [-0.05, 0) is 59.8 Å². The number of carbonyl (C=O) groups is 4. The van der Waals surface area contributed by atoms with Gasteiger partial charge in [-0.1, -0.05) is 48.0 Å². The van der Waals surface area contributed by atoms with E-state index < -0.39 is 17.9 Å². The van der Waals surface area contributed by atoms with Crippen molar-refractivity contribution in [2.24, 2.45) is 0 Å². The fourth-order valence-electron chi connectivity index (χ4n) is 5.35. The summed E-state index contributed by atoms with van der Waals surface area (Å²) in [5.41, 5.74) is 3.95. The molecule has 46 heavy (non-hydrogen) atoms. The van der Waals surface area contributed by atoms with E-state index in [1.165, 1.54) is 11.3 Å². The second-order valence-electron chi connectivity index (χ2n) is 11.1. The van der Waals surface area contributed by atoms with E-state index >= 15 is 0 Å². The molecule has 3 amide bonds. The van der Waals surface area contributed by atoms with Crippen LogP contribution in [-0.4, -0.2) is 67.0 Å². The Bertz CT molecular complexity index is 1680. The molecule has 1 unspecified atom stereocenters. The van der Waals surface area contributed by atoms with E-state index in [0.717, 1.165) is 16.8 Å². The summed E-state index contributed by atoms with van der Waals surface area (Å²) in [5, 5.41) is 17.3. The molecule has 0 saturated carbocycles. The first-order valence-electron chi connectivity index (χ1n) is 14.9. The van der Waals surface area contributed by atoms with Crippen LogP contribution in [-0.2, 0) is 16.0 Å². The van der Waals surface area contributed by atoms with Crippen LogP contribution in [0.1, 0.15) is 49.2 Å². The molecule has 0 bridgehead atoms. The molecular weight excluding hydrogens is 604 g/mol. The summed E-state index contributed by atoms with van der Waals surface area (Å²) in [6, 6.07) is 22.6. The molecule has 0 spiro atoms. The molecular formula is C35H36N4O6S. The summed E-state index contributed by atoms with van der Waals surface area (Å²) in [4.78, 5) is 55.9. The van der Waals surface area contributed by atoms with E-state index in [1.807, 2.05) is 53.6 Å². The van der Waals surface area contributed by atoms with E-state index in [2.05, 4.69) is 15.5 Å². The maximum atomic E-state index is 13.5. The number of hydrogen-bond donors (Lipinski definition) is 3. The molecule has 4 aromatic rings. The Morgan fingerprint density at radius 3 is 2.28 bits per heavy atom. The number of hydrogen-bond acceptors (Lipinski definition) is 7. The first-order chi connectivity index (χ1) is 22.2. The number of piperazine rings is 1. The zero-order chi connectivity index (χ0) is 32.6. The standard InChI is InChI=1S/C35H36N4O6S/c1-23-5-9-25(10-6-23)28(22-33(41)42)37-34(43)26-11-14-30(38-15-17-39(18-16-38)35(44)31-4-3-19-46-31)29(21-26)36-32(40)20-24-7-12-27(45-2)13-8-24/h3-14,19,21,28H,15-18,20,22H2,1-2H3,(H,36,40)(H,37,43)(H,41,42). The van der Waals surface area contributed by atoms with Gasteiger partial charge in [0.2, 0.25) is 5.91 Å². The topological polar surface area (TPSA) is 128 Å². The van der Waals surface area contributed by atoms with Gasteiger partial charge in [0.1, 0.15) is 5.75 Å². The molecule has 1 aliphatic heterocycles. The molecule has 238 valence electrons. The smallest absolute Gasteiger partial charge is 0.305 e. The summed E-state index contributed by atoms with van der Waals surface area (Å²) < 4.78 is 5.21. The van der Waals surface area contributed by atoms with Crippen molar-refractivity contribution in [2.75, 3.05) is 43.5 Å². The summed E-state index contributed by atoms with van der Waals surface area (Å²) >= 11 is 1.41. The molecule has 0 radical (unpaired) electrons. The Morgan fingerprint density at radius 1 is 0.935 bits per heavy atom. The average Bonchev–Trinajstić information content (AvgIpc) is 3.60. The summed E-state index contributed by atoms with van der Waals surface area (Å²) in [5.74, 6) is -1.08. The molecule has 1 atom stereocenters. The molecule has 10 nitrogen and oxygen atoms in total. The van der Waals surface area contributed by atoms with Gasteiger partial charge in [0.15, 0.2) is 0 Å². The van der Waals surface area contributed by atoms with Crippen LogP contribution in [0.25, 0.3) is 0 Å². The van der Waals surface area contributed by atoms with E-state index in [-0.39, 0.29) is 30.2 Å². The minimum absolute atomic E-state index is 0.000761. The summed E-state index contributed by atoms with van der Waals surface area (Å²) in [6.45, 7) is 4.02. The second-order valence-corrected chi connectivity index (χ2v) is 12.0. The molecule has 3 aromatic carbocycles. The first-order valence-corrected chi connectivity index (χ1v) is 15.8. The zero-order valence-electron chi connectivity index (χ0n) is 25.7. The van der Waals surface area contributed by atoms with Crippen LogP contribution < -0.4 is 20.3 Å². The van der Waals surface area contributed by atoms with Crippen molar-refractivity contribution in [1.82, 2.24) is 10.2 Å². The fraction of sp³-hybridized carbons (Fsp3) is 0.257. The van der Waals surface area contributed by atoms with E-state index in [0.29, 0.717) is 48.1 Å². The van der Waals surface area contributed by atoms with Gasteiger partial charge in [-0.2, -0.15) is 0 Å². The maximum absolute atomic E-state index is 13.5. The fourth-order valence-corrected chi connectivity index (χ4v) is 6.04. The lowest BCUT2D eigenvalue weighted by Crippen LogP contribution is -2.48. The predicted molar refractivity (Wildman–Crippen MR) is 178 cm³/mol. The Balaban J connectivity index is 1.37. The number of rotatable bonds is 11. The SMILES string of the molecule is COc1ccc(CC(=O)Nc2cc(C(=O)NC(CC(=O)O)c3ccc(C)cc3)ccc2N2CCN(C(=O)c3cccs3)CC2)cc1. The van der Waals surface area contributed by atoms with Gasteiger partial charge in [-0.25, -0.2) is 0 Å². The number of methoxy groups -OCH3 is 1. The van der Waals surface area contributed by atoms with Crippen LogP contribution in [0.5, 0.6) is 5.75 Å². The highest BCUT2D eigenvalue weighted by molar-refractivity contribution is 7.12. The van der Waals surface area contributed by atoms with E-state index in [9.17, 15) is 24.3 Å². The minimum Gasteiger partial charge on any atom is -0.497 e. The number of carboxylic acid groups (broad SMARTS) is 1. The monoisotopic (exact) mass is 640 g/mol. The van der Waals surface area contributed by atoms with Crippen LogP contribution in [0, 0.1) is 6.92 Å². The first kappa shape index (κ1) is 32.2. The van der Waals surface area contributed by atoms with Crippen molar-refractivity contribution in [3.8, 4) is 5.75 Å². The zero-order valence-corrected chi connectivity index (χ0v) is 26.5. The number of carboxylic acids is 1. The number of anilines is 2. The third-order valence-corrected chi connectivity index (χ3v) is 8.72. The number of nitrogens with one attached hydrogen (secondary N) is 2. The van der Waals surface area contributed by atoms with Crippen LogP contribution in [0.15, 0.2) is 84.2 Å². The minimum atomic E-state index is -1.04. The van der Waals surface area contributed by atoms with E-state index in [4.69, 9.17) is 4.74 Å². The average molecular weight is 641 g/mol. The number of thiophene rings is 1. The lowest BCUT2D eigenvalue weighted by molar-refractivity contribution is -0.137. The molecule has 11 heteroatoms. The molecule has 5 rings (SSSR count). The van der Waals surface area contributed by atoms with Gasteiger partial charge < -0.3 is 30.3 Å². The molecule has 1 aromatic heterocycles. The lowest BCUT2D eigenvalue weighted by atomic mass is 10.0. The number of carbonyl (C=O) groups excluding carboxylic acids is 3. The number of benzene rings is 3. The number of aliphatic carboxylic acids is 1. The van der Waals surface area contributed by atoms with Crippen molar-refractivity contribution < 1.29 is 29.0 Å². The summed E-state index contributed by atoms with van der Waals surface area (Å²) in [6.07, 6.45) is -0.177. The van der Waals surface area contributed by atoms with E-state index in [1.54, 1.807) is 49.6 Å². The van der Waals surface area contributed by atoms with Crippen LogP contribution in [0.3, 0.4) is 0 Å². The third kappa shape index (κ3) is 8.10. The Kier molecular flexibility index (Phi) is 10.3. The normalized spacial score (nSPS) is 13.5. The Morgan fingerprint density at radius 2 is 1.65 bits per heavy atom. The van der Waals surface area contributed by atoms with Gasteiger partial charge in [0.25, 0.3) is 11.8 Å². The number of ether oxygens (including phenoxy) is 1. The van der Waals surface area contributed by atoms with Gasteiger partial charge >= 0.3 is 5.97 Å². The van der Waals surface area contributed by atoms with Gasteiger partial charge in [-0.3, -0.25) is 19.2 Å². The highest BCUT2D eigenvalue weighted by Gasteiger charge is 2.26. The van der Waals surface area contributed by atoms with Gasteiger partial charge in [0.05, 0.1) is 42.2 Å². The lowest BCUT2D eigenvalue weighted by Gasteiger charge is -2.37. The van der Waals surface area contributed by atoms with Crippen LogP contribution >= 0.6 is 11.3 Å². The molecule has 1 aliphatic rings. The largest absolute Gasteiger partial charge is 0.497 e. The number of amides is 3. The van der Waals surface area contributed by atoms with Crippen molar-refractivity contribution in [2.45, 2.75) is 25.8 Å². The second kappa shape index (κ2) is 14.7. The molecule has 1 saturated heterocycles. The number of aryl methyl sites for hydroxylation is 1. The highest BCUT2D eigenvalue weighted by atomic mass is 32.1. The molecule has 1 fully saturated rings. The van der Waals surface area contributed by atoms with Gasteiger partial charge in [0, 0.05) is 31.7 Å². The molecule has 3 N–H and O–H groups in total. The number of nitrogens with zero attached hydrogens (tertiary/aromatic N) is 2. The van der Waals surface area contributed by atoms with Crippen LogP contribution in [0.2, 0.25) is 0 Å². The maximum Gasteiger partial charge on any atom is 0.305 e. The van der Waals surface area contributed by atoms with Gasteiger partial charge in [-0.15, -0.1) is 11.3 Å². The Hall–Kier alpha value is -5.16. The van der Waals surface area contributed by atoms with Crippen LogP contribution in [0.4, 0.5) is 11.4 Å². The Labute approximate surface area is 271 Å². The van der Waals surface area contributed by atoms with Crippen molar-refractivity contribution in [3.05, 3.63) is 111 Å². The van der Waals surface area contributed by atoms with Crippen molar-refractivity contribution in [3.63, 3.8) is 0 Å². The summed E-state index contributed by atoms with van der Waals surface area (Å²) in [7, 11) is 1.58. The van der Waals surface area contributed by atoms with Crippen molar-refractivity contribution in [1.29, 1.82) is 0 Å². The predicted octanol–water partition coefficient (Wildman–Crippen LogP) is 5.15. The van der Waals surface area contributed by atoms with Crippen molar-refractivity contribution >= 4 is 46.4 Å². The third-order valence-electron chi connectivity index (χ3n) is 7.86. The highest BCUT2D eigenvalue weighted by Crippen LogP contribution is 2.30. The quantitative estimate of drug-likeness (QED) is 0.207. The molecule has 2 heterocycles. The molecule has 0 aliphatic carbocycles.